The lowest BCUT2D eigenvalue weighted by atomic mass is 10.1. The van der Waals surface area contributed by atoms with E-state index in [1.807, 2.05) is 0 Å². The Morgan fingerprint density at radius 1 is 1.21 bits per heavy atom. The molecule has 0 radical (unpaired) electrons. The molecule has 0 N–H and O–H groups in total. The van der Waals surface area contributed by atoms with Crippen molar-refractivity contribution in [3.8, 4) is 11.5 Å². The fraction of sp³-hybridized carbons (Fsp3) is 0.267. The molecular weight excluding hydrogens is 242 g/mol. The van der Waals surface area contributed by atoms with Crippen molar-refractivity contribution < 1.29 is 14.3 Å². The van der Waals surface area contributed by atoms with Crippen LogP contribution in [0.25, 0.3) is 0 Å². The van der Waals surface area contributed by atoms with E-state index in [9.17, 15) is 4.79 Å². The Balaban J connectivity index is 3.13. The highest BCUT2D eigenvalue weighted by Crippen LogP contribution is 2.25. The van der Waals surface area contributed by atoms with Crippen molar-refractivity contribution in [1.29, 1.82) is 0 Å². The molecule has 0 saturated carbocycles. The SMILES string of the molecule is C=CCN(CC=C)C(=O)c1cc(OC)ccc1OC. The summed E-state index contributed by atoms with van der Waals surface area (Å²) in [5.74, 6) is 0.987. The van der Waals surface area contributed by atoms with Crippen molar-refractivity contribution in [2.45, 2.75) is 0 Å². The number of methoxy groups -OCH3 is 2. The van der Waals surface area contributed by atoms with E-state index in [0.29, 0.717) is 30.2 Å². The molecule has 0 fully saturated rings. The predicted octanol–water partition coefficient (Wildman–Crippen LogP) is 2.52. The monoisotopic (exact) mass is 261 g/mol. The van der Waals surface area contributed by atoms with Gasteiger partial charge in [0.1, 0.15) is 11.5 Å². The molecule has 0 atom stereocenters. The average molecular weight is 261 g/mol. The van der Waals surface area contributed by atoms with E-state index in [0.717, 1.165) is 0 Å². The zero-order valence-corrected chi connectivity index (χ0v) is 11.4. The minimum Gasteiger partial charge on any atom is -0.497 e. The van der Waals surface area contributed by atoms with Crippen molar-refractivity contribution in [1.82, 2.24) is 4.90 Å². The Morgan fingerprint density at radius 3 is 2.32 bits per heavy atom. The summed E-state index contributed by atoms with van der Waals surface area (Å²) in [6.07, 6.45) is 3.35. The van der Waals surface area contributed by atoms with E-state index in [1.165, 1.54) is 7.11 Å². The number of carbonyl (C=O) groups is 1. The van der Waals surface area contributed by atoms with Gasteiger partial charge in [0.2, 0.25) is 0 Å². The number of hydrogen-bond acceptors (Lipinski definition) is 3. The Morgan fingerprint density at radius 2 is 1.84 bits per heavy atom. The molecule has 0 saturated heterocycles. The number of amides is 1. The zero-order chi connectivity index (χ0) is 14.3. The van der Waals surface area contributed by atoms with Gasteiger partial charge in [-0.3, -0.25) is 4.79 Å². The molecule has 1 rings (SSSR count). The van der Waals surface area contributed by atoms with Gasteiger partial charge in [-0.2, -0.15) is 0 Å². The quantitative estimate of drug-likeness (QED) is 0.708. The fourth-order valence-electron chi connectivity index (χ4n) is 1.70. The molecule has 0 heterocycles. The highest BCUT2D eigenvalue weighted by atomic mass is 16.5. The van der Waals surface area contributed by atoms with Crippen molar-refractivity contribution in [3.05, 3.63) is 49.1 Å². The molecule has 19 heavy (non-hydrogen) atoms. The van der Waals surface area contributed by atoms with Gasteiger partial charge in [-0.05, 0) is 18.2 Å². The van der Waals surface area contributed by atoms with Gasteiger partial charge >= 0.3 is 0 Å². The largest absolute Gasteiger partial charge is 0.497 e. The van der Waals surface area contributed by atoms with Crippen LogP contribution < -0.4 is 9.47 Å². The number of ether oxygens (including phenoxy) is 2. The molecule has 0 bridgehead atoms. The molecule has 1 aromatic rings. The van der Waals surface area contributed by atoms with Crippen LogP contribution in [0.5, 0.6) is 11.5 Å². The molecular formula is C15H19NO3. The summed E-state index contributed by atoms with van der Waals surface area (Å²) >= 11 is 0. The van der Waals surface area contributed by atoms with Gasteiger partial charge in [0.05, 0.1) is 19.8 Å². The Bertz CT molecular complexity index is 458. The van der Waals surface area contributed by atoms with Gasteiger partial charge in [0.25, 0.3) is 5.91 Å². The van der Waals surface area contributed by atoms with Crippen molar-refractivity contribution in [2.24, 2.45) is 0 Å². The molecule has 0 aliphatic heterocycles. The number of nitrogens with zero attached hydrogens (tertiary/aromatic N) is 1. The Hall–Kier alpha value is -2.23. The van der Waals surface area contributed by atoms with Gasteiger partial charge in [0, 0.05) is 13.1 Å². The number of carbonyl (C=O) groups excluding carboxylic acids is 1. The molecule has 4 heteroatoms. The Labute approximate surface area is 113 Å². The molecule has 0 unspecified atom stereocenters. The maximum absolute atomic E-state index is 12.5. The van der Waals surface area contributed by atoms with E-state index in [-0.39, 0.29) is 5.91 Å². The predicted molar refractivity (Wildman–Crippen MR) is 75.8 cm³/mol. The van der Waals surface area contributed by atoms with Crippen LogP contribution in [-0.2, 0) is 0 Å². The van der Waals surface area contributed by atoms with Crippen LogP contribution in [0.2, 0.25) is 0 Å². The lowest BCUT2D eigenvalue weighted by molar-refractivity contribution is 0.0787. The smallest absolute Gasteiger partial charge is 0.258 e. The van der Waals surface area contributed by atoms with Crippen LogP contribution in [-0.4, -0.2) is 38.1 Å². The number of benzene rings is 1. The summed E-state index contributed by atoms with van der Waals surface area (Å²) in [5.41, 5.74) is 0.463. The van der Waals surface area contributed by atoms with Crippen LogP contribution in [0.3, 0.4) is 0 Å². The van der Waals surface area contributed by atoms with E-state index in [2.05, 4.69) is 13.2 Å². The van der Waals surface area contributed by atoms with Crippen molar-refractivity contribution in [2.75, 3.05) is 27.3 Å². The molecule has 4 nitrogen and oxygen atoms in total. The summed E-state index contributed by atoms with van der Waals surface area (Å²) in [6.45, 7) is 8.20. The molecule has 102 valence electrons. The van der Waals surface area contributed by atoms with Gasteiger partial charge in [-0.15, -0.1) is 13.2 Å². The van der Waals surface area contributed by atoms with Crippen LogP contribution in [0.1, 0.15) is 10.4 Å². The molecule has 0 aliphatic rings. The first-order chi connectivity index (χ1) is 9.17. The lowest BCUT2D eigenvalue weighted by Crippen LogP contribution is -2.31. The molecule has 0 aliphatic carbocycles. The summed E-state index contributed by atoms with van der Waals surface area (Å²) < 4.78 is 10.4. The van der Waals surface area contributed by atoms with E-state index < -0.39 is 0 Å². The number of rotatable bonds is 7. The van der Waals surface area contributed by atoms with E-state index in [1.54, 1.807) is 42.4 Å². The van der Waals surface area contributed by atoms with Crippen LogP contribution >= 0.6 is 0 Å². The molecule has 1 aromatic carbocycles. The average Bonchev–Trinajstić information content (AvgIpc) is 2.45. The van der Waals surface area contributed by atoms with Crippen LogP contribution in [0.15, 0.2) is 43.5 Å². The third-order valence-electron chi connectivity index (χ3n) is 2.62. The van der Waals surface area contributed by atoms with Gasteiger partial charge < -0.3 is 14.4 Å². The van der Waals surface area contributed by atoms with Crippen molar-refractivity contribution in [3.63, 3.8) is 0 Å². The lowest BCUT2D eigenvalue weighted by Gasteiger charge is -2.20. The zero-order valence-electron chi connectivity index (χ0n) is 11.4. The van der Waals surface area contributed by atoms with Crippen molar-refractivity contribution >= 4 is 5.91 Å². The normalized spacial score (nSPS) is 9.58. The Kier molecular flexibility index (Phi) is 5.67. The second-order valence-electron chi connectivity index (χ2n) is 3.85. The summed E-state index contributed by atoms with van der Waals surface area (Å²) in [5, 5.41) is 0. The first kappa shape index (κ1) is 14.8. The summed E-state index contributed by atoms with van der Waals surface area (Å²) in [6, 6.07) is 5.13. The fourth-order valence-corrected chi connectivity index (χ4v) is 1.70. The highest BCUT2D eigenvalue weighted by Gasteiger charge is 2.18. The van der Waals surface area contributed by atoms with Gasteiger partial charge in [-0.1, -0.05) is 12.2 Å². The minimum absolute atomic E-state index is 0.143. The third-order valence-corrected chi connectivity index (χ3v) is 2.62. The molecule has 0 aromatic heterocycles. The summed E-state index contributed by atoms with van der Waals surface area (Å²) in [7, 11) is 3.09. The first-order valence-corrected chi connectivity index (χ1v) is 5.91. The maximum Gasteiger partial charge on any atom is 0.258 e. The standard InChI is InChI=1S/C15H19NO3/c1-5-9-16(10-6-2)15(17)13-11-12(18-3)7-8-14(13)19-4/h5-8,11H,1-2,9-10H2,3-4H3. The maximum atomic E-state index is 12.5. The first-order valence-electron chi connectivity index (χ1n) is 5.91. The van der Waals surface area contributed by atoms with Crippen LogP contribution in [0, 0.1) is 0 Å². The van der Waals surface area contributed by atoms with E-state index >= 15 is 0 Å². The second-order valence-corrected chi connectivity index (χ2v) is 3.85. The molecule has 0 spiro atoms. The summed E-state index contributed by atoms with van der Waals surface area (Å²) in [4.78, 5) is 14.1. The minimum atomic E-state index is -0.143. The van der Waals surface area contributed by atoms with E-state index in [4.69, 9.17) is 9.47 Å². The number of hydrogen-bond donors (Lipinski definition) is 0. The highest BCUT2D eigenvalue weighted by molar-refractivity contribution is 5.97. The van der Waals surface area contributed by atoms with Crippen LogP contribution in [0.4, 0.5) is 0 Å². The third kappa shape index (κ3) is 3.61. The van der Waals surface area contributed by atoms with Gasteiger partial charge in [-0.25, -0.2) is 0 Å². The second kappa shape index (κ2) is 7.26. The molecule has 1 amide bonds. The topological polar surface area (TPSA) is 38.8 Å². The van der Waals surface area contributed by atoms with Gasteiger partial charge in [0.15, 0.2) is 0 Å².